The van der Waals surface area contributed by atoms with Gasteiger partial charge >= 0.3 is 0 Å². The molecule has 17 heavy (non-hydrogen) atoms. The Morgan fingerprint density at radius 1 is 1.35 bits per heavy atom. The summed E-state index contributed by atoms with van der Waals surface area (Å²) in [5.41, 5.74) is 1.16. The molecule has 0 amide bonds. The van der Waals surface area contributed by atoms with Crippen LogP contribution >= 0.6 is 0 Å². The van der Waals surface area contributed by atoms with Crippen LogP contribution in [0, 0.1) is 0 Å². The summed E-state index contributed by atoms with van der Waals surface area (Å²) in [6.45, 7) is 0.831. The van der Waals surface area contributed by atoms with E-state index in [0.29, 0.717) is 11.9 Å². The molecule has 0 radical (unpaired) electrons. The molecule has 1 aliphatic carbocycles. The van der Waals surface area contributed by atoms with Crippen molar-refractivity contribution in [1.29, 1.82) is 0 Å². The summed E-state index contributed by atoms with van der Waals surface area (Å²) >= 11 is 0. The Balaban J connectivity index is 1.77. The van der Waals surface area contributed by atoms with Crippen molar-refractivity contribution in [3.63, 3.8) is 0 Å². The fraction of sp³-hybridized carbons (Fsp3) is 0.615. The molecular formula is C13H20N2O2. The maximum Gasteiger partial charge on any atom is 0.212 e. The third kappa shape index (κ3) is 3.68. The van der Waals surface area contributed by atoms with E-state index in [1.807, 2.05) is 18.3 Å². The van der Waals surface area contributed by atoms with E-state index in [9.17, 15) is 5.11 Å². The Labute approximate surface area is 102 Å². The van der Waals surface area contributed by atoms with Gasteiger partial charge in [-0.2, -0.15) is 0 Å². The van der Waals surface area contributed by atoms with Crippen molar-refractivity contribution in [2.75, 3.05) is 7.11 Å². The zero-order valence-corrected chi connectivity index (χ0v) is 10.2. The second kappa shape index (κ2) is 5.98. The molecule has 0 aromatic carbocycles. The molecule has 1 aromatic heterocycles. The minimum Gasteiger partial charge on any atom is -0.481 e. The molecule has 1 heterocycles. The maximum atomic E-state index is 9.42. The number of aliphatic hydroxyl groups is 1. The van der Waals surface area contributed by atoms with E-state index in [4.69, 9.17) is 4.74 Å². The number of hydrogen-bond acceptors (Lipinski definition) is 4. The van der Waals surface area contributed by atoms with Crippen LogP contribution < -0.4 is 10.1 Å². The van der Waals surface area contributed by atoms with Crippen molar-refractivity contribution in [3.8, 4) is 5.88 Å². The minimum atomic E-state index is -0.0873. The number of ether oxygens (including phenoxy) is 1. The topological polar surface area (TPSA) is 54.4 Å². The van der Waals surface area contributed by atoms with Crippen molar-refractivity contribution >= 4 is 0 Å². The van der Waals surface area contributed by atoms with Crippen LogP contribution in [0.1, 0.15) is 31.2 Å². The summed E-state index contributed by atoms with van der Waals surface area (Å²) in [5, 5.41) is 12.9. The van der Waals surface area contributed by atoms with E-state index in [1.54, 1.807) is 7.11 Å². The molecule has 1 saturated carbocycles. The van der Waals surface area contributed by atoms with Crippen molar-refractivity contribution in [1.82, 2.24) is 10.3 Å². The van der Waals surface area contributed by atoms with Crippen LogP contribution in [-0.4, -0.2) is 29.3 Å². The van der Waals surface area contributed by atoms with E-state index >= 15 is 0 Å². The summed E-state index contributed by atoms with van der Waals surface area (Å²) in [7, 11) is 1.62. The van der Waals surface area contributed by atoms with Gasteiger partial charge in [-0.3, -0.25) is 0 Å². The van der Waals surface area contributed by atoms with Gasteiger partial charge in [-0.15, -0.1) is 0 Å². The van der Waals surface area contributed by atoms with Crippen LogP contribution in [0.3, 0.4) is 0 Å². The lowest BCUT2D eigenvalue weighted by molar-refractivity contribution is 0.116. The molecular weight excluding hydrogens is 216 g/mol. The largest absolute Gasteiger partial charge is 0.481 e. The third-order valence-electron chi connectivity index (χ3n) is 3.30. The van der Waals surface area contributed by atoms with E-state index in [0.717, 1.165) is 37.8 Å². The Morgan fingerprint density at radius 2 is 2.12 bits per heavy atom. The van der Waals surface area contributed by atoms with Gasteiger partial charge in [0, 0.05) is 24.8 Å². The highest BCUT2D eigenvalue weighted by atomic mass is 16.5. The van der Waals surface area contributed by atoms with Gasteiger partial charge in [-0.1, -0.05) is 6.07 Å². The first-order chi connectivity index (χ1) is 8.28. The summed E-state index contributed by atoms with van der Waals surface area (Å²) in [6, 6.07) is 4.43. The van der Waals surface area contributed by atoms with E-state index in [1.165, 1.54) is 0 Å². The highest BCUT2D eigenvalue weighted by Gasteiger charge is 2.18. The van der Waals surface area contributed by atoms with Gasteiger partial charge in [-0.05, 0) is 31.2 Å². The van der Waals surface area contributed by atoms with E-state index in [-0.39, 0.29) is 6.10 Å². The molecule has 1 fully saturated rings. The van der Waals surface area contributed by atoms with Gasteiger partial charge in [0.2, 0.25) is 5.88 Å². The molecule has 1 aliphatic rings. The number of pyridine rings is 1. The summed E-state index contributed by atoms with van der Waals surface area (Å²) in [4.78, 5) is 4.17. The highest BCUT2D eigenvalue weighted by Crippen LogP contribution is 2.18. The molecule has 2 N–H and O–H groups in total. The SMILES string of the molecule is COc1ccc(CNC2CCC(O)CC2)cn1. The number of nitrogens with one attached hydrogen (secondary N) is 1. The van der Waals surface area contributed by atoms with Gasteiger partial charge in [0.05, 0.1) is 13.2 Å². The molecule has 0 aliphatic heterocycles. The average molecular weight is 236 g/mol. The van der Waals surface area contributed by atoms with Gasteiger partial charge < -0.3 is 15.2 Å². The smallest absolute Gasteiger partial charge is 0.212 e. The molecule has 2 rings (SSSR count). The fourth-order valence-corrected chi connectivity index (χ4v) is 2.18. The lowest BCUT2D eigenvalue weighted by atomic mass is 9.93. The Hall–Kier alpha value is -1.13. The second-order valence-corrected chi connectivity index (χ2v) is 4.60. The van der Waals surface area contributed by atoms with Crippen LogP contribution in [0.2, 0.25) is 0 Å². The zero-order chi connectivity index (χ0) is 12.1. The number of rotatable bonds is 4. The molecule has 94 valence electrons. The zero-order valence-electron chi connectivity index (χ0n) is 10.2. The Morgan fingerprint density at radius 3 is 2.71 bits per heavy atom. The monoisotopic (exact) mass is 236 g/mol. The summed E-state index contributed by atoms with van der Waals surface area (Å²) in [5.74, 6) is 0.648. The molecule has 4 heteroatoms. The standard InChI is InChI=1S/C13H20N2O2/c1-17-13-7-2-10(9-15-13)8-14-11-3-5-12(16)6-4-11/h2,7,9,11-12,14,16H,3-6,8H2,1H3. The number of aliphatic hydroxyl groups excluding tert-OH is 1. The van der Waals surface area contributed by atoms with E-state index in [2.05, 4.69) is 10.3 Å². The molecule has 0 atom stereocenters. The quantitative estimate of drug-likeness (QED) is 0.831. The average Bonchev–Trinajstić information content (AvgIpc) is 2.39. The third-order valence-corrected chi connectivity index (χ3v) is 3.30. The second-order valence-electron chi connectivity index (χ2n) is 4.60. The van der Waals surface area contributed by atoms with Crippen LogP contribution in [0.4, 0.5) is 0 Å². The predicted molar refractivity (Wildman–Crippen MR) is 65.9 cm³/mol. The first-order valence-electron chi connectivity index (χ1n) is 6.18. The van der Waals surface area contributed by atoms with Crippen molar-refractivity contribution < 1.29 is 9.84 Å². The Kier molecular flexibility index (Phi) is 4.34. The minimum absolute atomic E-state index is 0.0873. The van der Waals surface area contributed by atoms with Crippen LogP contribution in [-0.2, 0) is 6.54 Å². The van der Waals surface area contributed by atoms with Gasteiger partial charge in [0.1, 0.15) is 0 Å². The van der Waals surface area contributed by atoms with Crippen molar-refractivity contribution in [3.05, 3.63) is 23.9 Å². The first kappa shape index (κ1) is 12.3. The number of hydrogen-bond donors (Lipinski definition) is 2. The van der Waals surface area contributed by atoms with Gasteiger partial charge in [0.25, 0.3) is 0 Å². The van der Waals surface area contributed by atoms with Gasteiger partial charge in [0.15, 0.2) is 0 Å². The molecule has 0 bridgehead atoms. The molecule has 0 spiro atoms. The lowest BCUT2D eigenvalue weighted by Crippen LogP contribution is -2.34. The lowest BCUT2D eigenvalue weighted by Gasteiger charge is -2.26. The highest BCUT2D eigenvalue weighted by molar-refractivity contribution is 5.17. The van der Waals surface area contributed by atoms with Crippen LogP contribution in [0.15, 0.2) is 18.3 Å². The molecule has 0 saturated heterocycles. The Bertz CT molecular complexity index is 332. The summed E-state index contributed by atoms with van der Waals surface area (Å²) < 4.78 is 5.02. The summed E-state index contributed by atoms with van der Waals surface area (Å²) in [6.07, 6.45) is 5.70. The number of nitrogens with zero attached hydrogens (tertiary/aromatic N) is 1. The molecule has 1 aromatic rings. The fourth-order valence-electron chi connectivity index (χ4n) is 2.18. The number of aromatic nitrogens is 1. The van der Waals surface area contributed by atoms with E-state index < -0.39 is 0 Å². The predicted octanol–water partition coefficient (Wildman–Crippen LogP) is 1.48. The normalized spacial score (nSPS) is 24.6. The maximum absolute atomic E-state index is 9.42. The molecule has 4 nitrogen and oxygen atoms in total. The molecule has 0 unspecified atom stereocenters. The van der Waals surface area contributed by atoms with Gasteiger partial charge in [-0.25, -0.2) is 4.98 Å². The first-order valence-corrected chi connectivity index (χ1v) is 6.18. The van der Waals surface area contributed by atoms with Crippen molar-refractivity contribution in [2.45, 2.75) is 44.4 Å². The number of methoxy groups -OCH3 is 1. The van der Waals surface area contributed by atoms with Crippen molar-refractivity contribution in [2.24, 2.45) is 0 Å². The van der Waals surface area contributed by atoms with Crippen LogP contribution in [0.25, 0.3) is 0 Å². The van der Waals surface area contributed by atoms with Crippen LogP contribution in [0.5, 0.6) is 5.88 Å².